The Bertz CT molecular complexity index is 893. The minimum Gasteiger partial charge on any atom is -0.507 e. The van der Waals surface area contributed by atoms with Crippen molar-refractivity contribution in [3.63, 3.8) is 0 Å². The van der Waals surface area contributed by atoms with Gasteiger partial charge >= 0.3 is 0 Å². The topological polar surface area (TPSA) is 74.2 Å². The summed E-state index contributed by atoms with van der Waals surface area (Å²) < 4.78 is 23.5. The molecule has 8 heteroatoms. The molecule has 29 heavy (non-hydrogen) atoms. The molecule has 0 aliphatic carbocycles. The monoisotopic (exact) mass is 528 g/mol. The standard InChI is InChI=1S/C11H11BrO3.C10H11BrO3/c1-2-8-7(6-13)5-9(12)11-10(8)14-3-4-15-11;1-2-6-8(12)5-7(11)10-9(6)13-3-4-14-10/h5-6H,2-4H2,1H3;5,12H,2-4H2,1H3. The van der Waals surface area contributed by atoms with Gasteiger partial charge in [0.15, 0.2) is 29.3 Å². The van der Waals surface area contributed by atoms with Gasteiger partial charge in [0.1, 0.15) is 32.2 Å². The molecule has 2 aromatic rings. The molecule has 2 aliphatic heterocycles. The number of halogens is 2. The number of hydrogen-bond acceptors (Lipinski definition) is 6. The minimum absolute atomic E-state index is 0.253. The van der Waals surface area contributed by atoms with E-state index in [4.69, 9.17) is 18.9 Å². The Labute approximate surface area is 186 Å². The Morgan fingerprint density at radius 1 is 0.828 bits per heavy atom. The van der Waals surface area contributed by atoms with Crippen LogP contribution in [0.1, 0.15) is 35.3 Å². The first-order valence-electron chi connectivity index (χ1n) is 9.37. The lowest BCUT2D eigenvalue weighted by atomic mass is 10.0. The third kappa shape index (κ3) is 4.48. The SMILES string of the molecule is CCc1c(C=O)cc(Br)c2c1OCCO2.CCc1c(O)cc(Br)c2c1OCCO2. The van der Waals surface area contributed by atoms with Crippen molar-refractivity contribution in [2.45, 2.75) is 26.7 Å². The second-order valence-corrected chi connectivity index (χ2v) is 8.03. The summed E-state index contributed by atoms with van der Waals surface area (Å²) in [4.78, 5) is 10.9. The van der Waals surface area contributed by atoms with Crippen LogP contribution in [0, 0.1) is 0 Å². The van der Waals surface area contributed by atoms with E-state index < -0.39 is 0 Å². The molecule has 0 atom stereocenters. The smallest absolute Gasteiger partial charge is 0.176 e. The van der Waals surface area contributed by atoms with Crippen LogP contribution >= 0.6 is 31.9 Å². The zero-order chi connectivity index (χ0) is 21.0. The van der Waals surface area contributed by atoms with Gasteiger partial charge in [0.05, 0.1) is 8.95 Å². The van der Waals surface area contributed by atoms with Crippen LogP contribution in [-0.2, 0) is 12.8 Å². The first-order valence-corrected chi connectivity index (χ1v) is 11.0. The Balaban J connectivity index is 0.000000166. The lowest BCUT2D eigenvalue weighted by Gasteiger charge is -2.22. The molecule has 0 spiro atoms. The summed E-state index contributed by atoms with van der Waals surface area (Å²) in [5.41, 5.74) is 2.39. The largest absolute Gasteiger partial charge is 0.507 e. The summed E-state index contributed by atoms with van der Waals surface area (Å²) in [7, 11) is 0. The van der Waals surface area contributed by atoms with Crippen LogP contribution in [0.2, 0.25) is 0 Å². The molecule has 156 valence electrons. The summed E-state index contributed by atoms with van der Waals surface area (Å²) in [5.74, 6) is 3.05. The Morgan fingerprint density at radius 3 is 1.76 bits per heavy atom. The molecular weight excluding hydrogens is 508 g/mol. The van der Waals surface area contributed by atoms with Crippen molar-refractivity contribution in [2.24, 2.45) is 0 Å². The molecule has 0 radical (unpaired) electrons. The van der Waals surface area contributed by atoms with E-state index in [9.17, 15) is 9.90 Å². The van der Waals surface area contributed by atoms with Crippen molar-refractivity contribution in [3.05, 3.63) is 37.8 Å². The summed E-state index contributed by atoms with van der Waals surface area (Å²) in [6, 6.07) is 3.42. The molecule has 0 saturated heterocycles. The fourth-order valence-electron chi connectivity index (χ4n) is 3.26. The quantitative estimate of drug-likeness (QED) is 0.559. The van der Waals surface area contributed by atoms with Crippen LogP contribution in [0.25, 0.3) is 0 Å². The summed E-state index contributed by atoms with van der Waals surface area (Å²) in [5, 5.41) is 9.68. The van der Waals surface area contributed by atoms with Gasteiger partial charge in [0.25, 0.3) is 0 Å². The highest BCUT2D eigenvalue weighted by molar-refractivity contribution is 9.11. The average molecular weight is 530 g/mol. The molecule has 6 nitrogen and oxygen atoms in total. The van der Waals surface area contributed by atoms with Gasteiger partial charge in [-0.2, -0.15) is 0 Å². The van der Waals surface area contributed by atoms with E-state index in [0.29, 0.717) is 55.0 Å². The van der Waals surface area contributed by atoms with Crippen LogP contribution in [0.15, 0.2) is 21.1 Å². The highest BCUT2D eigenvalue weighted by Crippen LogP contribution is 2.45. The lowest BCUT2D eigenvalue weighted by Crippen LogP contribution is -2.17. The van der Waals surface area contributed by atoms with Gasteiger partial charge in [-0.3, -0.25) is 4.79 Å². The number of aldehydes is 1. The van der Waals surface area contributed by atoms with Crippen molar-refractivity contribution < 1.29 is 28.8 Å². The van der Waals surface area contributed by atoms with Gasteiger partial charge in [0.2, 0.25) is 0 Å². The molecule has 2 heterocycles. The number of ether oxygens (including phenoxy) is 4. The van der Waals surface area contributed by atoms with Crippen LogP contribution in [0.3, 0.4) is 0 Å². The molecule has 0 amide bonds. The first kappa shape index (κ1) is 21.8. The van der Waals surface area contributed by atoms with Crippen LogP contribution in [-0.4, -0.2) is 37.8 Å². The molecule has 4 rings (SSSR count). The van der Waals surface area contributed by atoms with E-state index in [1.165, 1.54) is 0 Å². The maximum absolute atomic E-state index is 10.9. The van der Waals surface area contributed by atoms with E-state index in [2.05, 4.69) is 31.9 Å². The van der Waals surface area contributed by atoms with E-state index in [0.717, 1.165) is 39.2 Å². The number of phenols is 1. The van der Waals surface area contributed by atoms with Crippen molar-refractivity contribution in [2.75, 3.05) is 26.4 Å². The fourth-order valence-corrected chi connectivity index (χ4v) is 4.31. The van der Waals surface area contributed by atoms with Gasteiger partial charge in [0, 0.05) is 16.7 Å². The van der Waals surface area contributed by atoms with E-state index >= 15 is 0 Å². The maximum atomic E-state index is 10.9. The minimum atomic E-state index is 0.253. The summed E-state index contributed by atoms with van der Waals surface area (Å²) >= 11 is 6.70. The molecule has 2 aliphatic rings. The summed E-state index contributed by atoms with van der Waals surface area (Å²) in [6.07, 6.45) is 2.33. The van der Waals surface area contributed by atoms with Crippen molar-refractivity contribution in [3.8, 4) is 28.7 Å². The second-order valence-electron chi connectivity index (χ2n) is 6.32. The molecule has 2 aromatic carbocycles. The van der Waals surface area contributed by atoms with Crippen LogP contribution in [0.5, 0.6) is 28.7 Å². The van der Waals surface area contributed by atoms with Crippen LogP contribution in [0.4, 0.5) is 0 Å². The highest BCUT2D eigenvalue weighted by atomic mass is 79.9. The number of phenolic OH excluding ortho intramolecular Hbond substituents is 1. The third-order valence-electron chi connectivity index (χ3n) is 4.58. The molecule has 0 bridgehead atoms. The molecule has 0 aromatic heterocycles. The number of carbonyl (C=O) groups is 1. The highest BCUT2D eigenvalue weighted by Gasteiger charge is 2.22. The number of carbonyl (C=O) groups excluding carboxylic acids is 1. The number of rotatable bonds is 3. The normalized spacial score (nSPS) is 13.9. The van der Waals surface area contributed by atoms with E-state index in [1.807, 2.05) is 13.8 Å². The third-order valence-corrected chi connectivity index (χ3v) is 5.76. The molecule has 0 fully saturated rings. The number of fused-ring (bicyclic) bond motifs is 2. The second kappa shape index (κ2) is 9.71. The molecule has 1 N–H and O–H groups in total. The predicted molar refractivity (Wildman–Crippen MR) is 116 cm³/mol. The van der Waals surface area contributed by atoms with Gasteiger partial charge in [-0.1, -0.05) is 13.8 Å². The maximum Gasteiger partial charge on any atom is 0.176 e. The van der Waals surface area contributed by atoms with Crippen molar-refractivity contribution in [1.29, 1.82) is 0 Å². The Hall–Kier alpha value is -1.93. The summed E-state index contributed by atoms with van der Waals surface area (Å²) in [6.45, 7) is 6.15. The first-order chi connectivity index (χ1) is 14.0. The van der Waals surface area contributed by atoms with Gasteiger partial charge in [-0.25, -0.2) is 0 Å². The fraction of sp³-hybridized carbons (Fsp3) is 0.381. The predicted octanol–water partition coefficient (Wildman–Crippen LogP) is 5.08. The van der Waals surface area contributed by atoms with E-state index in [-0.39, 0.29) is 5.75 Å². The Morgan fingerprint density at radius 2 is 1.28 bits per heavy atom. The average Bonchev–Trinajstić information content (AvgIpc) is 2.74. The van der Waals surface area contributed by atoms with Crippen molar-refractivity contribution >= 4 is 38.1 Å². The van der Waals surface area contributed by atoms with Gasteiger partial charge in [-0.15, -0.1) is 0 Å². The van der Waals surface area contributed by atoms with Gasteiger partial charge in [-0.05, 0) is 56.8 Å². The number of aromatic hydroxyl groups is 1. The molecule has 0 saturated carbocycles. The Kier molecular flexibility index (Phi) is 7.29. The van der Waals surface area contributed by atoms with Gasteiger partial charge < -0.3 is 24.1 Å². The lowest BCUT2D eigenvalue weighted by molar-refractivity contribution is 0.112. The number of benzene rings is 2. The zero-order valence-corrected chi connectivity index (χ0v) is 19.4. The van der Waals surface area contributed by atoms with Crippen molar-refractivity contribution in [1.82, 2.24) is 0 Å². The van der Waals surface area contributed by atoms with E-state index in [1.54, 1.807) is 12.1 Å². The molecular formula is C21H22Br2O6. The zero-order valence-electron chi connectivity index (χ0n) is 16.2. The van der Waals surface area contributed by atoms with Crippen LogP contribution < -0.4 is 18.9 Å². The number of hydrogen-bond donors (Lipinski definition) is 1. The molecule has 0 unspecified atom stereocenters.